The van der Waals surface area contributed by atoms with Gasteiger partial charge in [-0.15, -0.1) is 5.10 Å². The molecule has 1 heterocycles. The molecule has 0 unspecified atom stereocenters. The van der Waals surface area contributed by atoms with Crippen molar-refractivity contribution in [1.82, 2.24) is 15.2 Å². The molecule has 8 heteroatoms. The van der Waals surface area contributed by atoms with Crippen LogP contribution in [0.25, 0.3) is 0 Å². The van der Waals surface area contributed by atoms with Gasteiger partial charge < -0.3 is 5.32 Å². The van der Waals surface area contributed by atoms with Gasteiger partial charge in [0.15, 0.2) is 0 Å². The second-order valence-corrected chi connectivity index (χ2v) is 6.09. The van der Waals surface area contributed by atoms with Gasteiger partial charge in [-0.3, -0.25) is 0 Å². The molecule has 0 saturated carbocycles. The number of anilines is 2. The Balaban J connectivity index is 2.36. The number of aromatic nitrogens is 3. The molecule has 2 rings (SSSR count). The molecule has 0 aliphatic rings. The second-order valence-electron chi connectivity index (χ2n) is 4.44. The topological polar surface area (TPSA) is 96.9 Å². The average molecular weight is 307 g/mol. The van der Waals surface area contributed by atoms with E-state index >= 15 is 0 Å². The van der Waals surface area contributed by atoms with E-state index in [4.69, 9.17) is 0 Å². The molecule has 2 aromatic rings. The number of hydrogen-bond acceptors (Lipinski definition) is 6. The van der Waals surface area contributed by atoms with E-state index in [0.29, 0.717) is 23.6 Å². The smallest absolute Gasteiger partial charge is 0.266 e. The Kier molecular flexibility index (Phi) is 4.37. The van der Waals surface area contributed by atoms with E-state index in [2.05, 4.69) is 25.2 Å². The number of benzene rings is 1. The van der Waals surface area contributed by atoms with Gasteiger partial charge in [0.1, 0.15) is 4.90 Å². The second kappa shape index (κ2) is 6.04. The van der Waals surface area contributed by atoms with E-state index in [9.17, 15) is 8.42 Å². The first-order valence-electron chi connectivity index (χ1n) is 6.47. The van der Waals surface area contributed by atoms with Crippen LogP contribution >= 0.6 is 0 Å². The highest BCUT2D eigenvalue weighted by molar-refractivity contribution is 7.92. The van der Waals surface area contributed by atoms with Crippen LogP contribution in [0.1, 0.15) is 18.3 Å². The summed E-state index contributed by atoms with van der Waals surface area (Å²) in [6.07, 6.45) is 0. The summed E-state index contributed by atoms with van der Waals surface area (Å²) in [5.41, 5.74) is 1.82. The van der Waals surface area contributed by atoms with Gasteiger partial charge in [0.05, 0.1) is 17.1 Å². The number of hydrogen-bond donors (Lipinski definition) is 2. The summed E-state index contributed by atoms with van der Waals surface area (Å²) in [4.78, 5) is 4.22. The summed E-state index contributed by atoms with van der Waals surface area (Å²) in [6, 6.07) is 6.66. The molecule has 1 aromatic heterocycles. The van der Waals surface area contributed by atoms with Crippen molar-refractivity contribution in [3.8, 4) is 0 Å². The molecule has 0 amide bonds. The Morgan fingerprint density at radius 3 is 2.48 bits per heavy atom. The van der Waals surface area contributed by atoms with Gasteiger partial charge in [-0.2, -0.15) is 5.10 Å². The maximum absolute atomic E-state index is 12.4. The highest BCUT2D eigenvalue weighted by Crippen LogP contribution is 2.22. The molecule has 0 bridgehead atoms. The number of aryl methyl sites for hydroxylation is 2. The summed E-state index contributed by atoms with van der Waals surface area (Å²) < 4.78 is 27.2. The molecule has 0 spiro atoms. The Hall–Kier alpha value is -2.22. The number of para-hydroxylation sites is 1. The van der Waals surface area contributed by atoms with Crippen LogP contribution in [0.2, 0.25) is 0 Å². The van der Waals surface area contributed by atoms with Crippen LogP contribution in [0.4, 0.5) is 11.6 Å². The van der Waals surface area contributed by atoms with Crippen LogP contribution in [0.3, 0.4) is 0 Å². The monoisotopic (exact) mass is 307 g/mol. The molecule has 112 valence electrons. The summed E-state index contributed by atoms with van der Waals surface area (Å²) in [5, 5.41) is 10.6. The number of rotatable bonds is 5. The third kappa shape index (κ3) is 3.46. The Bertz CT molecular complexity index is 746. The zero-order chi connectivity index (χ0) is 15.5. The molecule has 0 aliphatic carbocycles. The van der Waals surface area contributed by atoms with Gasteiger partial charge in [-0.1, -0.05) is 12.1 Å². The first kappa shape index (κ1) is 15.2. The first-order chi connectivity index (χ1) is 9.94. The molecule has 0 fully saturated rings. The van der Waals surface area contributed by atoms with Gasteiger partial charge in [0.2, 0.25) is 0 Å². The zero-order valence-corrected chi connectivity index (χ0v) is 12.9. The van der Waals surface area contributed by atoms with Crippen molar-refractivity contribution >= 4 is 21.7 Å². The van der Waals surface area contributed by atoms with Crippen LogP contribution in [0.15, 0.2) is 29.2 Å². The summed E-state index contributed by atoms with van der Waals surface area (Å²) in [5.74, 6) is -0.0376. The minimum Gasteiger partial charge on any atom is -0.384 e. The largest absolute Gasteiger partial charge is 0.384 e. The van der Waals surface area contributed by atoms with Crippen LogP contribution in [-0.4, -0.2) is 30.1 Å². The molecule has 1 aromatic carbocycles. The fourth-order valence-electron chi connectivity index (χ4n) is 1.71. The van der Waals surface area contributed by atoms with Crippen molar-refractivity contribution in [2.24, 2.45) is 0 Å². The lowest BCUT2D eigenvalue weighted by molar-refractivity contribution is 0.601. The maximum Gasteiger partial charge on any atom is 0.266 e. The molecular formula is C13H17N5O2S. The quantitative estimate of drug-likeness (QED) is 0.873. The van der Waals surface area contributed by atoms with Crippen LogP contribution in [-0.2, 0) is 10.0 Å². The van der Waals surface area contributed by atoms with Crippen molar-refractivity contribution in [3.63, 3.8) is 0 Å². The lowest BCUT2D eigenvalue weighted by atomic mass is 10.3. The van der Waals surface area contributed by atoms with Crippen molar-refractivity contribution < 1.29 is 8.42 Å². The van der Waals surface area contributed by atoms with Crippen LogP contribution < -0.4 is 10.0 Å². The molecule has 0 radical (unpaired) electrons. The zero-order valence-electron chi connectivity index (χ0n) is 12.1. The molecule has 0 saturated heterocycles. The van der Waals surface area contributed by atoms with E-state index in [1.807, 2.05) is 6.92 Å². The third-order valence-electron chi connectivity index (χ3n) is 2.86. The van der Waals surface area contributed by atoms with E-state index in [0.717, 1.165) is 0 Å². The average Bonchev–Trinajstić information content (AvgIpc) is 2.43. The fourth-order valence-corrected chi connectivity index (χ4v) is 2.84. The highest BCUT2D eigenvalue weighted by Gasteiger charge is 2.19. The predicted octanol–water partition coefficient (Wildman–Crippen LogP) is 1.72. The summed E-state index contributed by atoms with van der Waals surface area (Å²) >= 11 is 0. The summed E-state index contributed by atoms with van der Waals surface area (Å²) in [6.45, 7) is 6.02. The molecule has 7 nitrogen and oxygen atoms in total. The first-order valence-corrected chi connectivity index (χ1v) is 7.96. The Labute approximate surface area is 123 Å². The van der Waals surface area contributed by atoms with Gasteiger partial charge in [0, 0.05) is 6.54 Å². The van der Waals surface area contributed by atoms with Gasteiger partial charge in [0.25, 0.3) is 16.0 Å². The minimum absolute atomic E-state index is 0.0376. The SMILES string of the molecule is CCNc1ccccc1S(=O)(=O)Nc1nnc(C)c(C)n1. The number of nitrogens with one attached hydrogen (secondary N) is 2. The number of sulfonamides is 1. The Morgan fingerprint density at radius 1 is 1.10 bits per heavy atom. The van der Waals surface area contributed by atoms with Gasteiger partial charge >= 0.3 is 0 Å². The van der Waals surface area contributed by atoms with Crippen molar-refractivity contribution in [1.29, 1.82) is 0 Å². The summed E-state index contributed by atoms with van der Waals surface area (Å²) in [7, 11) is -3.77. The van der Waals surface area contributed by atoms with Crippen molar-refractivity contribution in [2.75, 3.05) is 16.6 Å². The molecular weight excluding hydrogens is 290 g/mol. The minimum atomic E-state index is -3.77. The van der Waals surface area contributed by atoms with Crippen LogP contribution in [0, 0.1) is 13.8 Å². The van der Waals surface area contributed by atoms with Crippen LogP contribution in [0.5, 0.6) is 0 Å². The van der Waals surface area contributed by atoms with Gasteiger partial charge in [-0.25, -0.2) is 18.1 Å². The predicted molar refractivity (Wildman–Crippen MR) is 80.7 cm³/mol. The lowest BCUT2D eigenvalue weighted by Crippen LogP contribution is -2.18. The molecule has 0 atom stereocenters. The normalized spacial score (nSPS) is 11.2. The molecule has 0 aliphatic heterocycles. The fraction of sp³-hybridized carbons (Fsp3) is 0.308. The van der Waals surface area contributed by atoms with Crippen molar-refractivity contribution in [3.05, 3.63) is 35.7 Å². The van der Waals surface area contributed by atoms with E-state index in [-0.39, 0.29) is 10.8 Å². The number of nitrogens with zero attached hydrogens (tertiary/aromatic N) is 3. The van der Waals surface area contributed by atoms with Gasteiger partial charge in [-0.05, 0) is 32.9 Å². The third-order valence-corrected chi connectivity index (χ3v) is 4.25. The molecule has 21 heavy (non-hydrogen) atoms. The maximum atomic E-state index is 12.4. The standard InChI is InChI=1S/C13H17N5O2S/c1-4-14-11-7-5-6-8-12(11)21(19,20)18-13-15-9(2)10(3)16-17-13/h5-8,14H,4H2,1-3H3,(H,15,17,18). The molecule has 2 N–H and O–H groups in total. The van der Waals surface area contributed by atoms with E-state index in [1.54, 1.807) is 32.0 Å². The van der Waals surface area contributed by atoms with E-state index in [1.165, 1.54) is 6.07 Å². The lowest BCUT2D eigenvalue weighted by Gasteiger charge is -2.12. The Morgan fingerprint density at radius 2 is 1.81 bits per heavy atom. The van der Waals surface area contributed by atoms with Crippen molar-refractivity contribution in [2.45, 2.75) is 25.7 Å². The highest BCUT2D eigenvalue weighted by atomic mass is 32.2. The van der Waals surface area contributed by atoms with E-state index < -0.39 is 10.0 Å².